The molecule has 228 valence electrons. The van der Waals surface area contributed by atoms with Crippen LogP contribution in [0.4, 0.5) is 0 Å². The van der Waals surface area contributed by atoms with Crippen molar-refractivity contribution in [2.24, 2.45) is 0 Å². The van der Waals surface area contributed by atoms with Crippen LogP contribution in [0.25, 0.3) is 12.2 Å². The van der Waals surface area contributed by atoms with Crippen molar-refractivity contribution in [1.82, 2.24) is 0 Å². The van der Waals surface area contributed by atoms with Crippen LogP contribution in [-0.4, -0.2) is 62.0 Å². The molecule has 2 aromatic carbocycles. The van der Waals surface area contributed by atoms with Crippen molar-refractivity contribution >= 4 is 36.0 Å². The smallest absolute Gasteiger partial charge is 0.331 e. The molecule has 2 rings (SSSR count). The first-order valence-electron chi connectivity index (χ1n) is 12.9. The molecule has 0 aliphatic heterocycles. The van der Waals surface area contributed by atoms with Crippen LogP contribution >= 0.6 is 0 Å². The van der Waals surface area contributed by atoms with E-state index in [-0.39, 0.29) is 27.2 Å². The first-order valence-corrected chi connectivity index (χ1v) is 12.9. The van der Waals surface area contributed by atoms with Gasteiger partial charge in [-0.2, -0.15) is 0 Å². The summed E-state index contributed by atoms with van der Waals surface area (Å²) in [6.07, 6.45) is 11.4. The number of ether oxygens (including phenoxy) is 4. The van der Waals surface area contributed by atoms with E-state index < -0.39 is 23.9 Å². The molecule has 0 aliphatic rings. The molecule has 42 heavy (non-hydrogen) atoms. The maximum atomic E-state index is 11.2. The molecular formula is C33H42O9. The number of hydrogen-bond donors (Lipinski definition) is 1. The summed E-state index contributed by atoms with van der Waals surface area (Å²) in [5, 5.41) is 8.44. The normalized spacial score (nSPS) is 10.2. The van der Waals surface area contributed by atoms with E-state index in [4.69, 9.17) is 9.84 Å². The molecule has 9 nitrogen and oxygen atoms in total. The third-order valence-electron chi connectivity index (χ3n) is 4.22. The lowest BCUT2D eigenvalue weighted by molar-refractivity contribution is -0.140. The van der Waals surface area contributed by atoms with Gasteiger partial charge in [0, 0.05) is 24.3 Å². The fourth-order valence-corrected chi connectivity index (χ4v) is 2.52. The molecule has 0 saturated carbocycles. The molecule has 0 bridgehead atoms. The van der Waals surface area contributed by atoms with Gasteiger partial charge >= 0.3 is 23.9 Å². The van der Waals surface area contributed by atoms with E-state index in [1.165, 1.54) is 0 Å². The summed E-state index contributed by atoms with van der Waals surface area (Å²) in [5.41, 5.74) is 2.15. The highest BCUT2D eigenvalue weighted by Gasteiger charge is 1.99. The maximum Gasteiger partial charge on any atom is 0.331 e. The Hall–Kier alpha value is -4.76. The lowest BCUT2D eigenvalue weighted by Gasteiger charge is -1.97. The van der Waals surface area contributed by atoms with Gasteiger partial charge in [0.15, 0.2) is 0 Å². The summed E-state index contributed by atoms with van der Waals surface area (Å²) in [5.74, 6) is -2.21. The Morgan fingerprint density at radius 2 is 0.905 bits per heavy atom. The second kappa shape index (κ2) is 27.8. The van der Waals surface area contributed by atoms with Gasteiger partial charge in [-0.1, -0.05) is 86.3 Å². The zero-order valence-corrected chi connectivity index (χ0v) is 23.6. The highest BCUT2D eigenvalue weighted by atomic mass is 16.5. The number of carbonyl (C=O) groups is 4. The first kappa shape index (κ1) is 39.4. The molecule has 0 spiro atoms. The van der Waals surface area contributed by atoms with E-state index in [2.05, 4.69) is 14.2 Å². The molecule has 1 N–H and O–H groups in total. The highest BCUT2D eigenvalue weighted by molar-refractivity contribution is 5.92. The molecule has 9 heteroatoms. The third-order valence-corrected chi connectivity index (χ3v) is 4.22. The molecule has 0 atom stereocenters. The Kier molecular flexibility index (Phi) is 26.1. The lowest BCUT2D eigenvalue weighted by atomic mass is 10.2. The topological polar surface area (TPSA) is 125 Å². The fraction of sp³-hybridized carbons (Fsp3) is 0.273. The number of benzene rings is 2. The molecule has 0 fully saturated rings. The quantitative estimate of drug-likeness (QED) is 0.200. The molecular weight excluding hydrogens is 540 g/mol. The number of carbonyl (C=O) groups excluding carboxylic acids is 4. The van der Waals surface area contributed by atoms with E-state index in [9.17, 15) is 19.2 Å². The minimum atomic E-state index is -0.578. The molecule has 0 saturated heterocycles. The van der Waals surface area contributed by atoms with Crippen LogP contribution in [0.2, 0.25) is 0 Å². The monoisotopic (exact) mass is 582 g/mol. The summed E-state index contributed by atoms with van der Waals surface area (Å²) in [6, 6.07) is 19.6. The van der Waals surface area contributed by atoms with Crippen LogP contribution in [0, 0.1) is 0 Å². The SMILES string of the molecule is C.CCOC(=O)C=CC(=O)OC/C=C/c1ccccc1.CCOC(=O)C=CC(=O)OCC.OC/C=C/c1ccccc1. The second-order valence-electron chi connectivity index (χ2n) is 7.36. The largest absolute Gasteiger partial charge is 0.463 e. The average Bonchev–Trinajstić information content (AvgIpc) is 2.98. The average molecular weight is 583 g/mol. The molecule has 0 aromatic heterocycles. The molecule has 2 aromatic rings. The van der Waals surface area contributed by atoms with Crippen LogP contribution in [0.15, 0.2) is 97.1 Å². The van der Waals surface area contributed by atoms with Gasteiger partial charge < -0.3 is 24.1 Å². The summed E-state index contributed by atoms with van der Waals surface area (Å²) < 4.78 is 18.6. The Labute approximate surface area is 248 Å². The predicted octanol–water partition coefficient (Wildman–Crippen LogP) is 5.36. The number of hydrogen-bond acceptors (Lipinski definition) is 9. The van der Waals surface area contributed by atoms with Gasteiger partial charge in [-0.05, 0) is 38.0 Å². The standard InChI is InChI=1S/C15H16O4.C9H10O.C8H12O4.CH4/c1-2-18-14(16)10-11-15(17)19-12-6-9-13-7-4-3-5-8-13;10-8-4-7-9-5-2-1-3-6-9;1-3-11-7(9)5-6-8(10)12-4-2;/h3-11H,2,12H2,1H3;1-7,10H,8H2;5-6H,3-4H2,1-2H3;1H4/b9-6+,11-10?;7-4+;;. The second-order valence-corrected chi connectivity index (χ2v) is 7.36. The van der Waals surface area contributed by atoms with Crippen LogP contribution < -0.4 is 0 Å². The van der Waals surface area contributed by atoms with Crippen molar-refractivity contribution in [2.75, 3.05) is 33.0 Å². The van der Waals surface area contributed by atoms with E-state index in [0.29, 0.717) is 13.2 Å². The first-order chi connectivity index (χ1) is 19.9. The van der Waals surface area contributed by atoms with Crippen LogP contribution in [0.3, 0.4) is 0 Å². The molecule has 0 aliphatic carbocycles. The lowest BCUT2D eigenvalue weighted by Crippen LogP contribution is -2.04. The van der Waals surface area contributed by atoms with Crippen molar-refractivity contribution < 1.29 is 43.2 Å². The number of aliphatic hydroxyl groups excluding tert-OH is 1. The Morgan fingerprint density at radius 1 is 0.571 bits per heavy atom. The number of rotatable bonds is 12. The maximum absolute atomic E-state index is 11.2. The van der Waals surface area contributed by atoms with Crippen LogP contribution in [0.5, 0.6) is 0 Å². The van der Waals surface area contributed by atoms with Crippen molar-refractivity contribution in [3.8, 4) is 0 Å². The van der Waals surface area contributed by atoms with E-state index in [0.717, 1.165) is 35.4 Å². The van der Waals surface area contributed by atoms with Crippen LogP contribution in [-0.2, 0) is 38.1 Å². The minimum absolute atomic E-state index is 0. The fourth-order valence-electron chi connectivity index (χ4n) is 2.52. The number of esters is 4. The van der Waals surface area contributed by atoms with Crippen LogP contribution in [0.1, 0.15) is 39.3 Å². The number of aliphatic hydroxyl groups is 1. The van der Waals surface area contributed by atoms with Gasteiger partial charge in [0.25, 0.3) is 0 Å². The van der Waals surface area contributed by atoms with Crippen molar-refractivity contribution in [1.29, 1.82) is 0 Å². The third kappa shape index (κ3) is 24.3. The molecule has 0 amide bonds. The summed E-state index contributed by atoms with van der Waals surface area (Å²) in [4.78, 5) is 43.4. The minimum Gasteiger partial charge on any atom is -0.463 e. The summed E-state index contributed by atoms with van der Waals surface area (Å²) in [7, 11) is 0. The predicted molar refractivity (Wildman–Crippen MR) is 164 cm³/mol. The molecule has 0 unspecified atom stereocenters. The molecule has 0 heterocycles. The summed E-state index contributed by atoms with van der Waals surface area (Å²) >= 11 is 0. The Balaban J connectivity index is 0. The van der Waals surface area contributed by atoms with Gasteiger partial charge in [-0.3, -0.25) is 0 Å². The Bertz CT molecular complexity index is 1100. The van der Waals surface area contributed by atoms with Gasteiger partial charge in [0.05, 0.1) is 26.4 Å². The van der Waals surface area contributed by atoms with Gasteiger partial charge in [0.2, 0.25) is 0 Å². The summed E-state index contributed by atoms with van der Waals surface area (Å²) in [6.45, 7) is 6.20. The van der Waals surface area contributed by atoms with E-state index in [1.807, 2.05) is 72.8 Å². The zero-order valence-electron chi connectivity index (χ0n) is 23.6. The highest BCUT2D eigenvalue weighted by Crippen LogP contribution is 2.01. The van der Waals surface area contributed by atoms with Crippen molar-refractivity contribution in [3.05, 3.63) is 108 Å². The Morgan fingerprint density at radius 3 is 1.24 bits per heavy atom. The zero-order chi connectivity index (χ0) is 30.6. The van der Waals surface area contributed by atoms with Gasteiger partial charge in [-0.25, -0.2) is 19.2 Å². The van der Waals surface area contributed by atoms with Gasteiger partial charge in [-0.15, -0.1) is 0 Å². The van der Waals surface area contributed by atoms with E-state index >= 15 is 0 Å². The van der Waals surface area contributed by atoms with Crippen molar-refractivity contribution in [2.45, 2.75) is 28.2 Å². The van der Waals surface area contributed by atoms with E-state index in [1.54, 1.807) is 32.9 Å². The molecule has 0 radical (unpaired) electrons. The van der Waals surface area contributed by atoms with Gasteiger partial charge in [0.1, 0.15) is 6.61 Å². The van der Waals surface area contributed by atoms with Crippen molar-refractivity contribution in [3.63, 3.8) is 0 Å².